The maximum atomic E-state index is 6.42. The Labute approximate surface area is 125 Å². The number of aromatic nitrogens is 1. The lowest BCUT2D eigenvalue weighted by Crippen LogP contribution is -2.24. The second-order valence-corrected chi connectivity index (χ2v) is 5.05. The molecule has 0 bridgehead atoms. The Balaban J connectivity index is 2.31. The number of halogens is 1. The maximum absolute atomic E-state index is 6.42. The molecule has 20 heavy (non-hydrogen) atoms. The number of nitrogens with zero attached hydrogens (tertiary/aromatic N) is 2. The molecular formula is C16H20ClN3. The van der Waals surface area contributed by atoms with Crippen molar-refractivity contribution in [2.45, 2.75) is 20.0 Å². The molecule has 0 radical (unpaired) electrons. The van der Waals surface area contributed by atoms with E-state index in [1.54, 1.807) is 0 Å². The first-order valence-electron chi connectivity index (χ1n) is 6.82. The predicted octanol–water partition coefficient (Wildman–Crippen LogP) is 3.48. The van der Waals surface area contributed by atoms with Crippen LogP contribution in [0.25, 0.3) is 0 Å². The molecule has 3 nitrogen and oxygen atoms in total. The van der Waals surface area contributed by atoms with Crippen LogP contribution < -0.4 is 10.2 Å². The van der Waals surface area contributed by atoms with E-state index in [9.17, 15) is 0 Å². The molecule has 0 spiro atoms. The molecule has 0 atom stereocenters. The molecule has 4 heteroatoms. The Bertz CT molecular complexity index is 543. The fourth-order valence-electron chi connectivity index (χ4n) is 2.30. The first-order chi connectivity index (χ1) is 9.76. The minimum atomic E-state index is 0.800. The van der Waals surface area contributed by atoms with Crippen LogP contribution in [0.15, 0.2) is 42.7 Å². The van der Waals surface area contributed by atoms with Crippen LogP contribution in [0.3, 0.4) is 0 Å². The highest BCUT2D eigenvalue weighted by Crippen LogP contribution is 2.31. The topological polar surface area (TPSA) is 28.2 Å². The number of pyridine rings is 1. The summed E-state index contributed by atoms with van der Waals surface area (Å²) in [5, 5.41) is 4.00. The standard InChI is InChI=1S/C16H20ClN3/c1-3-20(12-13-7-9-19-10-8-13)16-14(11-18-2)5-4-6-15(16)17/h4-10,18H,3,11-12H2,1-2H3. The van der Waals surface area contributed by atoms with Gasteiger partial charge in [-0.25, -0.2) is 0 Å². The number of benzene rings is 1. The summed E-state index contributed by atoms with van der Waals surface area (Å²) >= 11 is 6.42. The zero-order chi connectivity index (χ0) is 14.4. The van der Waals surface area contributed by atoms with Crippen molar-refractivity contribution in [2.24, 2.45) is 0 Å². The quantitative estimate of drug-likeness (QED) is 0.882. The molecule has 0 amide bonds. The molecule has 1 N–H and O–H groups in total. The van der Waals surface area contributed by atoms with Crippen molar-refractivity contribution < 1.29 is 0 Å². The van der Waals surface area contributed by atoms with Gasteiger partial charge in [-0.2, -0.15) is 0 Å². The zero-order valence-corrected chi connectivity index (χ0v) is 12.7. The second-order valence-electron chi connectivity index (χ2n) is 4.65. The largest absolute Gasteiger partial charge is 0.366 e. The highest BCUT2D eigenvalue weighted by molar-refractivity contribution is 6.33. The van der Waals surface area contributed by atoms with Crippen molar-refractivity contribution >= 4 is 17.3 Å². The summed E-state index contributed by atoms with van der Waals surface area (Å²) in [7, 11) is 1.95. The van der Waals surface area contributed by atoms with Gasteiger partial charge in [0.25, 0.3) is 0 Å². The summed E-state index contributed by atoms with van der Waals surface area (Å²) in [6.45, 7) is 4.69. The van der Waals surface area contributed by atoms with Crippen LogP contribution in [0, 0.1) is 0 Å². The van der Waals surface area contributed by atoms with Gasteiger partial charge in [0.2, 0.25) is 0 Å². The van der Waals surface area contributed by atoms with Gasteiger partial charge in [0.15, 0.2) is 0 Å². The lowest BCUT2D eigenvalue weighted by Gasteiger charge is -2.27. The van der Waals surface area contributed by atoms with Gasteiger partial charge in [-0.1, -0.05) is 23.7 Å². The van der Waals surface area contributed by atoms with Crippen LogP contribution in [-0.2, 0) is 13.1 Å². The number of para-hydroxylation sites is 1. The monoisotopic (exact) mass is 289 g/mol. The van der Waals surface area contributed by atoms with E-state index in [0.717, 1.165) is 30.3 Å². The second kappa shape index (κ2) is 7.27. The number of anilines is 1. The summed E-state index contributed by atoms with van der Waals surface area (Å²) < 4.78 is 0. The Morgan fingerprint density at radius 1 is 1.20 bits per heavy atom. The molecule has 0 aliphatic heterocycles. The third-order valence-electron chi connectivity index (χ3n) is 3.26. The third-order valence-corrected chi connectivity index (χ3v) is 3.56. The van der Waals surface area contributed by atoms with Gasteiger partial charge >= 0.3 is 0 Å². The lowest BCUT2D eigenvalue weighted by molar-refractivity contribution is 0.784. The van der Waals surface area contributed by atoms with Crippen molar-refractivity contribution in [2.75, 3.05) is 18.5 Å². The number of hydrogen-bond donors (Lipinski definition) is 1. The van der Waals surface area contributed by atoms with Gasteiger partial charge in [0.05, 0.1) is 10.7 Å². The third kappa shape index (κ3) is 3.50. The summed E-state index contributed by atoms with van der Waals surface area (Å²) in [5.74, 6) is 0. The van der Waals surface area contributed by atoms with Gasteiger partial charge in [-0.15, -0.1) is 0 Å². The highest BCUT2D eigenvalue weighted by atomic mass is 35.5. The molecule has 0 saturated heterocycles. The van der Waals surface area contributed by atoms with E-state index in [1.165, 1.54) is 11.1 Å². The van der Waals surface area contributed by atoms with E-state index in [1.807, 2.05) is 43.7 Å². The predicted molar refractivity (Wildman–Crippen MR) is 85.2 cm³/mol. The van der Waals surface area contributed by atoms with Crippen LogP contribution in [0.4, 0.5) is 5.69 Å². The molecule has 1 heterocycles. The van der Waals surface area contributed by atoms with E-state index in [2.05, 4.69) is 28.2 Å². The molecule has 0 unspecified atom stereocenters. The van der Waals surface area contributed by atoms with Crippen molar-refractivity contribution in [3.05, 3.63) is 58.9 Å². The summed E-state index contributed by atoms with van der Waals surface area (Å²) in [4.78, 5) is 6.36. The van der Waals surface area contributed by atoms with Crippen LogP contribution >= 0.6 is 11.6 Å². The van der Waals surface area contributed by atoms with Crippen molar-refractivity contribution in [3.8, 4) is 0 Å². The van der Waals surface area contributed by atoms with E-state index < -0.39 is 0 Å². The van der Waals surface area contributed by atoms with Crippen LogP contribution in [-0.4, -0.2) is 18.6 Å². The number of hydrogen-bond acceptors (Lipinski definition) is 3. The van der Waals surface area contributed by atoms with Crippen molar-refractivity contribution in [3.63, 3.8) is 0 Å². The average molecular weight is 290 g/mol. The fourth-order valence-corrected chi connectivity index (χ4v) is 2.62. The van der Waals surface area contributed by atoms with Crippen LogP contribution in [0.1, 0.15) is 18.1 Å². The van der Waals surface area contributed by atoms with Crippen LogP contribution in [0.5, 0.6) is 0 Å². The summed E-state index contributed by atoms with van der Waals surface area (Å²) in [6, 6.07) is 10.1. The van der Waals surface area contributed by atoms with E-state index in [-0.39, 0.29) is 0 Å². The molecule has 0 fully saturated rings. The Morgan fingerprint density at radius 3 is 2.60 bits per heavy atom. The lowest BCUT2D eigenvalue weighted by atomic mass is 10.1. The van der Waals surface area contributed by atoms with E-state index in [4.69, 9.17) is 11.6 Å². The van der Waals surface area contributed by atoms with Gasteiger partial charge in [-0.05, 0) is 43.3 Å². The highest BCUT2D eigenvalue weighted by Gasteiger charge is 2.13. The molecule has 1 aromatic carbocycles. The van der Waals surface area contributed by atoms with E-state index in [0.29, 0.717) is 0 Å². The molecule has 0 aliphatic rings. The molecule has 2 aromatic rings. The molecule has 2 rings (SSSR count). The van der Waals surface area contributed by atoms with Gasteiger partial charge in [0, 0.05) is 32.0 Å². The Kier molecular flexibility index (Phi) is 5.39. The van der Waals surface area contributed by atoms with E-state index >= 15 is 0 Å². The smallest absolute Gasteiger partial charge is 0.0643 e. The number of nitrogens with one attached hydrogen (secondary N) is 1. The number of rotatable bonds is 6. The summed E-state index contributed by atoms with van der Waals surface area (Å²) in [5.41, 5.74) is 3.57. The first kappa shape index (κ1) is 14.8. The maximum Gasteiger partial charge on any atom is 0.0643 e. The SMILES string of the molecule is CCN(Cc1ccncc1)c1c(Cl)cccc1CNC. The fraction of sp³-hybridized carbons (Fsp3) is 0.312. The summed E-state index contributed by atoms with van der Waals surface area (Å²) in [6.07, 6.45) is 3.65. The molecule has 0 aliphatic carbocycles. The van der Waals surface area contributed by atoms with Gasteiger partial charge in [0.1, 0.15) is 0 Å². The first-order valence-corrected chi connectivity index (χ1v) is 7.20. The Morgan fingerprint density at radius 2 is 1.95 bits per heavy atom. The van der Waals surface area contributed by atoms with Crippen molar-refractivity contribution in [1.82, 2.24) is 10.3 Å². The average Bonchev–Trinajstić information content (AvgIpc) is 2.47. The minimum Gasteiger partial charge on any atom is -0.366 e. The van der Waals surface area contributed by atoms with Gasteiger partial charge in [-0.3, -0.25) is 4.98 Å². The van der Waals surface area contributed by atoms with Crippen molar-refractivity contribution in [1.29, 1.82) is 0 Å². The van der Waals surface area contributed by atoms with Crippen LogP contribution in [0.2, 0.25) is 5.02 Å². The minimum absolute atomic E-state index is 0.800. The molecular weight excluding hydrogens is 270 g/mol. The molecule has 1 aromatic heterocycles. The Hall–Kier alpha value is -1.58. The zero-order valence-electron chi connectivity index (χ0n) is 11.9. The normalized spacial score (nSPS) is 10.6. The molecule has 0 saturated carbocycles. The molecule has 106 valence electrons. The van der Waals surface area contributed by atoms with Gasteiger partial charge < -0.3 is 10.2 Å².